The van der Waals surface area contributed by atoms with E-state index in [-0.39, 0.29) is 0 Å². The first-order valence-corrected chi connectivity index (χ1v) is 3.96. The molecule has 1 rings (SSSR count). The zero-order valence-electron chi connectivity index (χ0n) is 6.61. The summed E-state index contributed by atoms with van der Waals surface area (Å²) >= 11 is 0. The summed E-state index contributed by atoms with van der Waals surface area (Å²) in [4.78, 5) is 0. The van der Waals surface area contributed by atoms with Crippen LogP contribution in [-0.2, 0) is 0 Å². The van der Waals surface area contributed by atoms with E-state index in [4.69, 9.17) is 0 Å². The first kappa shape index (κ1) is 7.76. The first-order chi connectivity index (χ1) is 4.83. The van der Waals surface area contributed by atoms with Crippen LogP contribution in [0.4, 0.5) is 0 Å². The molecule has 0 atom stereocenters. The third-order valence-electron chi connectivity index (χ3n) is 1.90. The molecule has 0 aromatic rings. The second kappa shape index (κ2) is 3.74. The van der Waals surface area contributed by atoms with Gasteiger partial charge in [-0.1, -0.05) is 19.1 Å². The topological polar surface area (TPSA) is 24.1 Å². The van der Waals surface area contributed by atoms with E-state index < -0.39 is 0 Å². The molecule has 0 spiro atoms. The van der Waals surface area contributed by atoms with E-state index in [1.807, 2.05) is 0 Å². The van der Waals surface area contributed by atoms with E-state index >= 15 is 0 Å². The molecule has 0 aromatic heterocycles. The summed E-state index contributed by atoms with van der Waals surface area (Å²) in [6, 6.07) is 0. The minimum Gasteiger partial charge on any atom is -0.300 e. The Morgan fingerprint density at radius 1 is 1.50 bits per heavy atom. The molecule has 0 saturated carbocycles. The highest BCUT2D eigenvalue weighted by molar-refractivity contribution is 4.96. The Morgan fingerprint density at radius 2 is 2.10 bits per heavy atom. The van der Waals surface area contributed by atoms with Crippen LogP contribution >= 0.6 is 0 Å². The Bertz CT molecular complexity index is 114. The van der Waals surface area contributed by atoms with E-state index in [2.05, 4.69) is 24.1 Å². The third-order valence-corrected chi connectivity index (χ3v) is 1.90. The van der Waals surface area contributed by atoms with Crippen LogP contribution in [0, 0.1) is 0 Å². The Kier molecular flexibility index (Phi) is 2.90. The second-order valence-corrected chi connectivity index (χ2v) is 2.77. The minimum atomic E-state index is 0.493. The standard InChI is InChI=1S/C8H16N2/c1-3-7(2)6-8-9-4-5-10-8/h8-10H,2-6H2,1H3. The van der Waals surface area contributed by atoms with Gasteiger partial charge in [-0.05, 0) is 12.8 Å². The zero-order valence-corrected chi connectivity index (χ0v) is 6.61. The van der Waals surface area contributed by atoms with Gasteiger partial charge < -0.3 is 10.6 Å². The molecule has 0 bridgehead atoms. The highest BCUT2D eigenvalue weighted by Gasteiger charge is 2.12. The van der Waals surface area contributed by atoms with Gasteiger partial charge in [0.2, 0.25) is 0 Å². The van der Waals surface area contributed by atoms with Crippen molar-refractivity contribution in [2.45, 2.75) is 25.9 Å². The molecule has 0 radical (unpaired) electrons. The average Bonchev–Trinajstić information content (AvgIpc) is 2.40. The van der Waals surface area contributed by atoms with Gasteiger partial charge in [-0.2, -0.15) is 0 Å². The summed E-state index contributed by atoms with van der Waals surface area (Å²) in [6.45, 7) is 8.30. The van der Waals surface area contributed by atoms with Crippen molar-refractivity contribution in [1.82, 2.24) is 10.6 Å². The van der Waals surface area contributed by atoms with Crippen LogP contribution in [0.3, 0.4) is 0 Å². The van der Waals surface area contributed by atoms with Crippen molar-refractivity contribution < 1.29 is 0 Å². The van der Waals surface area contributed by atoms with Gasteiger partial charge >= 0.3 is 0 Å². The lowest BCUT2D eigenvalue weighted by Crippen LogP contribution is -2.30. The molecule has 0 amide bonds. The normalized spacial score (nSPS) is 19.7. The molecule has 2 nitrogen and oxygen atoms in total. The van der Waals surface area contributed by atoms with Crippen molar-refractivity contribution in [1.29, 1.82) is 0 Å². The van der Waals surface area contributed by atoms with Crippen molar-refractivity contribution in [3.63, 3.8) is 0 Å². The van der Waals surface area contributed by atoms with Crippen molar-refractivity contribution in [3.05, 3.63) is 12.2 Å². The SMILES string of the molecule is C=C(CC)CC1NCCN1. The van der Waals surface area contributed by atoms with Crippen LogP contribution in [0.2, 0.25) is 0 Å². The monoisotopic (exact) mass is 140 g/mol. The Balaban J connectivity index is 2.17. The summed E-state index contributed by atoms with van der Waals surface area (Å²) in [5.74, 6) is 0. The fourth-order valence-corrected chi connectivity index (χ4v) is 1.14. The van der Waals surface area contributed by atoms with Crippen LogP contribution in [0.25, 0.3) is 0 Å². The number of rotatable bonds is 3. The Hall–Kier alpha value is -0.340. The predicted molar refractivity (Wildman–Crippen MR) is 43.8 cm³/mol. The van der Waals surface area contributed by atoms with Gasteiger partial charge in [0.05, 0.1) is 6.17 Å². The predicted octanol–water partition coefficient (Wildman–Crippen LogP) is 0.862. The largest absolute Gasteiger partial charge is 0.300 e. The maximum atomic E-state index is 3.96. The highest BCUT2D eigenvalue weighted by atomic mass is 15.2. The number of hydrogen-bond acceptors (Lipinski definition) is 2. The molecule has 1 aliphatic rings. The van der Waals surface area contributed by atoms with Gasteiger partial charge in [0.1, 0.15) is 0 Å². The van der Waals surface area contributed by atoms with Gasteiger partial charge in [0.25, 0.3) is 0 Å². The van der Waals surface area contributed by atoms with Crippen LogP contribution in [-0.4, -0.2) is 19.3 Å². The summed E-state index contributed by atoms with van der Waals surface area (Å²) in [6.07, 6.45) is 2.67. The van der Waals surface area contributed by atoms with Crippen LogP contribution in [0.15, 0.2) is 12.2 Å². The third kappa shape index (κ3) is 2.12. The molecule has 2 heteroatoms. The average molecular weight is 140 g/mol. The van der Waals surface area contributed by atoms with Gasteiger partial charge in [-0.25, -0.2) is 0 Å². The molecule has 1 heterocycles. The van der Waals surface area contributed by atoms with Crippen molar-refractivity contribution >= 4 is 0 Å². The smallest absolute Gasteiger partial charge is 0.0610 e. The second-order valence-electron chi connectivity index (χ2n) is 2.77. The number of hydrogen-bond donors (Lipinski definition) is 2. The van der Waals surface area contributed by atoms with E-state index in [1.165, 1.54) is 5.57 Å². The van der Waals surface area contributed by atoms with E-state index in [1.54, 1.807) is 0 Å². The molecule has 0 aromatic carbocycles. The molecular formula is C8H16N2. The quantitative estimate of drug-likeness (QED) is 0.568. The van der Waals surface area contributed by atoms with Gasteiger partial charge in [-0.15, -0.1) is 0 Å². The molecule has 0 aliphatic carbocycles. The van der Waals surface area contributed by atoms with Crippen molar-refractivity contribution in [2.24, 2.45) is 0 Å². The Morgan fingerprint density at radius 3 is 2.60 bits per heavy atom. The fraction of sp³-hybridized carbons (Fsp3) is 0.750. The maximum Gasteiger partial charge on any atom is 0.0610 e. The van der Waals surface area contributed by atoms with E-state index in [0.717, 1.165) is 25.9 Å². The summed E-state index contributed by atoms with van der Waals surface area (Å²) in [5, 5.41) is 6.70. The Labute approximate surface area is 62.7 Å². The summed E-state index contributed by atoms with van der Waals surface area (Å²) in [5.41, 5.74) is 1.33. The lowest BCUT2D eigenvalue weighted by molar-refractivity contribution is 0.544. The van der Waals surface area contributed by atoms with Gasteiger partial charge in [0, 0.05) is 13.1 Å². The van der Waals surface area contributed by atoms with Gasteiger partial charge in [0.15, 0.2) is 0 Å². The summed E-state index contributed by atoms with van der Waals surface area (Å²) < 4.78 is 0. The van der Waals surface area contributed by atoms with Crippen LogP contribution in [0.1, 0.15) is 19.8 Å². The molecular weight excluding hydrogens is 124 g/mol. The fourth-order valence-electron chi connectivity index (χ4n) is 1.14. The summed E-state index contributed by atoms with van der Waals surface area (Å²) in [7, 11) is 0. The van der Waals surface area contributed by atoms with E-state index in [9.17, 15) is 0 Å². The highest BCUT2D eigenvalue weighted by Crippen LogP contribution is 2.06. The molecule has 10 heavy (non-hydrogen) atoms. The van der Waals surface area contributed by atoms with Crippen molar-refractivity contribution in [2.75, 3.05) is 13.1 Å². The van der Waals surface area contributed by atoms with Crippen molar-refractivity contribution in [3.8, 4) is 0 Å². The molecule has 0 unspecified atom stereocenters. The minimum absolute atomic E-state index is 0.493. The van der Waals surface area contributed by atoms with Crippen LogP contribution in [0.5, 0.6) is 0 Å². The lowest BCUT2D eigenvalue weighted by atomic mass is 10.1. The molecule has 1 aliphatic heterocycles. The lowest BCUT2D eigenvalue weighted by Gasteiger charge is -2.10. The molecule has 1 saturated heterocycles. The maximum absolute atomic E-state index is 3.96. The van der Waals surface area contributed by atoms with E-state index in [0.29, 0.717) is 6.17 Å². The molecule has 2 N–H and O–H groups in total. The van der Waals surface area contributed by atoms with Crippen LogP contribution < -0.4 is 10.6 Å². The molecule has 1 fully saturated rings. The first-order valence-electron chi connectivity index (χ1n) is 3.96. The zero-order chi connectivity index (χ0) is 7.40. The van der Waals surface area contributed by atoms with Gasteiger partial charge in [-0.3, -0.25) is 0 Å². The number of nitrogens with one attached hydrogen (secondary N) is 2. The molecule has 58 valence electrons.